The van der Waals surface area contributed by atoms with Crippen LogP contribution in [0.25, 0.3) is 5.57 Å². The van der Waals surface area contributed by atoms with Crippen molar-refractivity contribution in [3.63, 3.8) is 0 Å². The number of aromatic carboxylic acids is 1. The standard InChI is InChI=1S/C35H47NO3/c1-6-36-31(39)35-18-7-8-27(35)24-13-14-29-33(4,26(24)16-21-35)20-17-28-32(2,3)25(15-19-34(28,29)5)22-9-11-23(12-10-22)30(37)38/h6,9-12,15,24,26-29H,1,7-8,13-14,16-21H2,2-5H3,(H,36,39)(H,37,38). The second kappa shape index (κ2) is 9.08. The molecule has 5 aliphatic carbocycles. The van der Waals surface area contributed by atoms with E-state index in [1.54, 1.807) is 18.3 Å². The normalized spacial score (nSPS) is 42.2. The van der Waals surface area contributed by atoms with Crippen LogP contribution in [0.1, 0.15) is 108 Å². The van der Waals surface area contributed by atoms with Crippen molar-refractivity contribution in [3.8, 4) is 0 Å². The minimum atomic E-state index is -0.868. The predicted molar refractivity (Wildman–Crippen MR) is 156 cm³/mol. The Bertz CT molecular complexity index is 1210. The van der Waals surface area contributed by atoms with Crippen LogP contribution in [0.4, 0.5) is 0 Å². The molecule has 2 N–H and O–H groups in total. The number of allylic oxidation sites excluding steroid dienone is 2. The molecule has 1 amide bonds. The minimum absolute atomic E-state index is 0.0336. The number of carbonyl (C=O) groups excluding carboxylic acids is 1. The topological polar surface area (TPSA) is 66.4 Å². The maximum absolute atomic E-state index is 13.3. The minimum Gasteiger partial charge on any atom is -0.478 e. The Balaban J connectivity index is 1.30. The zero-order valence-electron chi connectivity index (χ0n) is 24.4. The second-order valence-electron chi connectivity index (χ2n) is 14.8. The van der Waals surface area contributed by atoms with Crippen LogP contribution in [0.3, 0.4) is 0 Å². The number of carboxylic acid groups (broad SMARTS) is 1. The van der Waals surface area contributed by atoms with E-state index in [1.165, 1.54) is 56.1 Å². The fourth-order valence-corrected chi connectivity index (χ4v) is 11.7. The Hall–Kier alpha value is -2.36. The molecule has 8 atom stereocenters. The fraction of sp³-hybridized carbons (Fsp3) is 0.657. The molecule has 6 rings (SSSR count). The Morgan fingerprint density at radius 2 is 1.64 bits per heavy atom. The number of nitrogens with one attached hydrogen (secondary N) is 1. The van der Waals surface area contributed by atoms with E-state index in [2.05, 4.69) is 45.7 Å². The number of benzene rings is 1. The summed E-state index contributed by atoms with van der Waals surface area (Å²) in [7, 11) is 0. The molecule has 0 bridgehead atoms. The number of carboxylic acids is 1. The molecular weight excluding hydrogens is 482 g/mol. The molecular formula is C35H47NO3. The van der Waals surface area contributed by atoms with Crippen LogP contribution in [-0.2, 0) is 4.79 Å². The maximum Gasteiger partial charge on any atom is 0.335 e. The van der Waals surface area contributed by atoms with Crippen molar-refractivity contribution in [2.75, 3.05) is 0 Å². The molecule has 1 aromatic rings. The third-order valence-corrected chi connectivity index (χ3v) is 13.2. The summed E-state index contributed by atoms with van der Waals surface area (Å²) in [6, 6.07) is 7.53. The van der Waals surface area contributed by atoms with Crippen LogP contribution >= 0.6 is 0 Å². The molecule has 0 saturated heterocycles. The molecule has 8 unspecified atom stereocenters. The number of amides is 1. The lowest BCUT2D eigenvalue weighted by molar-refractivity contribution is -0.181. The van der Waals surface area contributed by atoms with E-state index < -0.39 is 5.97 Å². The van der Waals surface area contributed by atoms with Gasteiger partial charge in [0, 0.05) is 0 Å². The van der Waals surface area contributed by atoms with Gasteiger partial charge in [-0.2, -0.15) is 0 Å². The molecule has 4 saturated carbocycles. The van der Waals surface area contributed by atoms with Gasteiger partial charge in [-0.3, -0.25) is 4.79 Å². The van der Waals surface area contributed by atoms with Gasteiger partial charge < -0.3 is 10.4 Å². The van der Waals surface area contributed by atoms with Crippen LogP contribution in [0.5, 0.6) is 0 Å². The van der Waals surface area contributed by atoms with E-state index in [1.807, 2.05) is 12.1 Å². The monoisotopic (exact) mass is 529 g/mol. The van der Waals surface area contributed by atoms with Crippen molar-refractivity contribution >= 4 is 17.4 Å². The lowest BCUT2D eigenvalue weighted by Crippen LogP contribution is -2.61. The summed E-state index contributed by atoms with van der Waals surface area (Å²) < 4.78 is 0. The summed E-state index contributed by atoms with van der Waals surface area (Å²) in [6.45, 7) is 13.9. The number of carbonyl (C=O) groups is 2. The third-order valence-electron chi connectivity index (χ3n) is 13.2. The third kappa shape index (κ3) is 3.68. The smallest absolute Gasteiger partial charge is 0.335 e. The number of rotatable bonds is 4. The highest BCUT2D eigenvalue weighted by atomic mass is 16.4. The average molecular weight is 530 g/mol. The fourth-order valence-electron chi connectivity index (χ4n) is 11.7. The lowest BCUT2D eigenvalue weighted by Gasteiger charge is -2.68. The molecule has 0 heterocycles. The van der Waals surface area contributed by atoms with Crippen molar-refractivity contribution < 1.29 is 14.7 Å². The van der Waals surface area contributed by atoms with Crippen molar-refractivity contribution in [2.45, 2.75) is 91.9 Å². The van der Waals surface area contributed by atoms with E-state index in [-0.39, 0.29) is 22.2 Å². The van der Waals surface area contributed by atoms with Crippen LogP contribution < -0.4 is 5.32 Å². The van der Waals surface area contributed by atoms with Gasteiger partial charge in [-0.05, 0) is 133 Å². The van der Waals surface area contributed by atoms with Gasteiger partial charge >= 0.3 is 5.97 Å². The van der Waals surface area contributed by atoms with Crippen LogP contribution in [0.15, 0.2) is 43.1 Å². The lowest BCUT2D eigenvalue weighted by atomic mass is 9.36. The highest BCUT2D eigenvalue weighted by Crippen LogP contribution is 2.73. The van der Waals surface area contributed by atoms with Crippen molar-refractivity contribution in [3.05, 3.63) is 54.2 Å². The number of hydrogen-bond donors (Lipinski definition) is 2. The van der Waals surface area contributed by atoms with Gasteiger partial charge in [0.2, 0.25) is 5.91 Å². The quantitative estimate of drug-likeness (QED) is 0.414. The summed E-state index contributed by atoms with van der Waals surface area (Å²) >= 11 is 0. The average Bonchev–Trinajstić information content (AvgIpc) is 3.34. The van der Waals surface area contributed by atoms with Gasteiger partial charge in [0.25, 0.3) is 0 Å². The first-order valence-electron chi connectivity index (χ1n) is 15.5. The summed E-state index contributed by atoms with van der Waals surface area (Å²) in [5.41, 5.74) is 3.38. The Kier molecular flexibility index (Phi) is 6.25. The second-order valence-corrected chi connectivity index (χ2v) is 14.8. The maximum atomic E-state index is 13.3. The van der Waals surface area contributed by atoms with Gasteiger partial charge in [0.1, 0.15) is 0 Å². The molecule has 0 aromatic heterocycles. The molecule has 1 aromatic carbocycles. The van der Waals surface area contributed by atoms with Gasteiger partial charge in [0.05, 0.1) is 11.0 Å². The van der Waals surface area contributed by atoms with Crippen molar-refractivity contribution in [1.82, 2.24) is 5.32 Å². The summed E-state index contributed by atoms with van der Waals surface area (Å²) in [5, 5.41) is 12.4. The first-order chi connectivity index (χ1) is 18.5. The van der Waals surface area contributed by atoms with E-state index >= 15 is 0 Å². The Labute approximate surface area is 234 Å². The van der Waals surface area contributed by atoms with Crippen LogP contribution in [-0.4, -0.2) is 17.0 Å². The zero-order valence-corrected chi connectivity index (χ0v) is 24.4. The van der Waals surface area contributed by atoms with Crippen LogP contribution in [0, 0.1) is 51.2 Å². The number of fused-ring (bicyclic) bond motifs is 7. The van der Waals surface area contributed by atoms with Gasteiger partial charge in [-0.15, -0.1) is 0 Å². The van der Waals surface area contributed by atoms with E-state index in [4.69, 9.17) is 0 Å². The highest BCUT2D eigenvalue weighted by molar-refractivity contribution is 5.88. The van der Waals surface area contributed by atoms with Crippen molar-refractivity contribution in [2.24, 2.45) is 51.2 Å². The van der Waals surface area contributed by atoms with Crippen molar-refractivity contribution in [1.29, 1.82) is 0 Å². The van der Waals surface area contributed by atoms with Gasteiger partial charge in [0.15, 0.2) is 0 Å². The van der Waals surface area contributed by atoms with Gasteiger partial charge in [-0.1, -0.05) is 58.9 Å². The largest absolute Gasteiger partial charge is 0.478 e. The molecule has 210 valence electrons. The van der Waals surface area contributed by atoms with E-state index in [0.717, 1.165) is 25.2 Å². The molecule has 0 radical (unpaired) electrons. The van der Waals surface area contributed by atoms with Crippen LogP contribution in [0.2, 0.25) is 0 Å². The first-order valence-corrected chi connectivity index (χ1v) is 15.5. The first kappa shape index (κ1) is 26.8. The summed E-state index contributed by atoms with van der Waals surface area (Å²) in [4.78, 5) is 24.7. The Morgan fingerprint density at radius 3 is 2.33 bits per heavy atom. The summed E-state index contributed by atoms with van der Waals surface area (Å²) in [6.07, 6.45) is 16.0. The van der Waals surface area contributed by atoms with E-state index in [9.17, 15) is 14.7 Å². The SMILES string of the molecule is C=CNC(=O)C12CCCC1C1CCC3C(C)(CCC4C(C)(C)C(c5ccc(C(=O)O)cc5)=CCC43C)C1CC2. The molecule has 0 aliphatic heterocycles. The molecule has 4 nitrogen and oxygen atoms in total. The molecule has 39 heavy (non-hydrogen) atoms. The molecule has 4 heteroatoms. The highest BCUT2D eigenvalue weighted by Gasteiger charge is 2.66. The number of hydrogen-bond acceptors (Lipinski definition) is 2. The molecule has 5 aliphatic rings. The van der Waals surface area contributed by atoms with Gasteiger partial charge in [-0.25, -0.2) is 4.79 Å². The molecule has 4 fully saturated rings. The Morgan fingerprint density at radius 1 is 0.897 bits per heavy atom. The molecule has 0 spiro atoms. The van der Waals surface area contributed by atoms with E-state index in [0.29, 0.717) is 34.7 Å². The predicted octanol–water partition coefficient (Wildman–Crippen LogP) is 8.10. The summed E-state index contributed by atoms with van der Waals surface area (Å²) in [5.74, 6) is 2.60. The zero-order chi connectivity index (χ0) is 27.8.